The van der Waals surface area contributed by atoms with Crippen LogP contribution in [0.2, 0.25) is 0 Å². The average Bonchev–Trinajstić information content (AvgIpc) is 2.86. The van der Waals surface area contributed by atoms with Gasteiger partial charge in [-0.05, 0) is 38.5 Å². The maximum Gasteiger partial charge on any atom is 0.237 e. The summed E-state index contributed by atoms with van der Waals surface area (Å²) in [6.45, 7) is 5.64. The highest BCUT2D eigenvalue weighted by atomic mass is 32.2. The van der Waals surface area contributed by atoms with Crippen LogP contribution in [0.15, 0.2) is 23.6 Å². The largest absolute Gasteiger partial charge is 0.325 e. The molecule has 0 saturated carbocycles. The van der Waals surface area contributed by atoms with Crippen LogP contribution in [0.25, 0.3) is 0 Å². The number of rotatable bonds is 5. The zero-order valence-corrected chi connectivity index (χ0v) is 13.8. The number of amides is 1. The van der Waals surface area contributed by atoms with Crippen LogP contribution in [-0.4, -0.2) is 16.1 Å². The molecular formula is C15H17FN2OS2. The molecule has 2 aromatic rings. The summed E-state index contributed by atoms with van der Waals surface area (Å²) in [4.78, 5) is 16.5. The molecule has 6 heteroatoms. The van der Waals surface area contributed by atoms with E-state index in [0.717, 1.165) is 16.3 Å². The second-order valence-corrected chi connectivity index (χ2v) is 7.15. The van der Waals surface area contributed by atoms with Crippen molar-refractivity contribution in [2.75, 3.05) is 5.32 Å². The van der Waals surface area contributed by atoms with Gasteiger partial charge in [-0.15, -0.1) is 23.1 Å². The molecule has 112 valence electrons. The number of benzene rings is 1. The fourth-order valence-electron chi connectivity index (χ4n) is 1.72. The van der Waals surface area contributed by atoms with Crippen molar-refractivity contribution >= 4 is 34.7 Å². The van der Waals surface area contributed by atoms with E-state index < -0.39 is 0 Å². The van der Waals surface area contributed by atoms with Crippen LogP contribution in [0, 0.1) is 19.7 Å². The van der Waals surface area contributed by atoms with Gasteiger partial charge in [-0.25, -0.2) is 9.37 Å². The smallest absolute Gasteiger partial charge is 0.237 e. The molecule has 1 aromatic carbocycles. The number of halogens is 1. The molecular weight excluding hydrogens is 307 g/mol. The summed E-state index contributed by atoms with van der Waals surface area (Å²) >= 11 is 3.12. The second-order valence-electron chi connectivity index (χ2n) is 4.76. The quantitative estimate of drug-likeness (QED) is 0.898. The maximum absolute atomic E-state index is 13.2. The highest BCUT2D eigenvalue weighted by molar-refractivity contribution is 7.99. The molecule has 1 aromatic heterocycles. The van der Waals surface area contributed by atoms with Gasteiger partial charge in [0.15, 0.2) is 0 Å². The van der Waals surface area contributed by atoms with Gasteiger partial charge in [0.1, 0.15) is 5.82 Å². The van der Waals surface area contributed by atoms with Crippen LogP contribution in [0.4, 0.5) is 10.1 Å². The minimum Gasteiger partial charge on any atom is -0.325 e. The minimum atomic E-state index is -0.353. The first-order valence-corrected chi connectivity index (χ1v) is 8.48. The van der Waals surface area contributed by atoms with E-state index in [0.29, 0.717) is 11.4 Å². The Kier molecular flexibility index (Phi) is 5.36. The fourth-order valence-corrected chi connectivity index (χ4v) is 3.22. The zero-order valence-electron chi connectivity index (χ0n) is 12.1. The third-order valence-electron chi connectivity index (χ3n) is 2.97. The van der Waals surface area contributed by atoms with Crippen LogP contribution < -0.4 is 5.32 Å². The maximum atomic E-state index is 13.2. The molecule has 1 heterocycles. The second kappa shape index (κ2) is 7.04. The van der Waals surface area contributed by atoms with Crippen molar-refractivity contribution in [3.63, 3.8) is 0 Å². The molecule has 1 N–H and O–H groups in total. The molecule has 0 fully saturated rings. The van der Waals surface area contributed by atoms with Gasteiger partial charge in [-0.2, -0.15) is 0 Å². The van der Waals surface area contributed by atoms with Gasteiger partial charge in [0.05, 0.1) is 16.0 Å². The molecule has 1 amide bonds. The monoisotopic (exact) mass is 324 g/mol. The van der Waals surface area contributed by atoms with Gasteiger partial charge in [0.25, 0.3) is 0 Å². The summed E-state index contributed by atoms with van der Waals surface area (Å²) in [6, 6.07) is 4.38. The standard InChI is InChI=1S/C15H17FN2OS2/c1-9-4-5-12(16)6-14(9)18-15(19)10(2)20-7-13-8-21-11(3)17-13/h4-6,8,10H,7H2,1-3H3,(H,18,19)/t10-/m1/s1. The SMILES string of the molecule is Cc1nc(CS[C@H](C)C(=O)Nc2cc(F)ccc2C)cs1. The number of nitrogens with one attached hydrogen (secondary N) is 1. The molecule has 0 aliphatic heterocycles. The number of aromatic nitrogens is 1. The van der Waals surface area contributed by atoms with Crippen molar-refractivity contribution in [1.29, 1.82) is 0 Å². The molecule has 0 bridgehead atoms. The Morgan fingerprint density at radius 3 is 2.90 bits per heavy atom. The van der Waals surface area contributed by atoms with Gasteiger partial charge in [-0.1, -0.05) is 6.07 Å². The number of hydrogen-bond acceptors (Lipinski definition) is 4. The van der Waals surface area contributed by atoms with Crippen molar-refractivity contribution in [1.82, 2.24) is 4.98 Å². The highest BCUT2D eigenvalue weighted by Gasteiger charge is 2.15. The van der Waals surface area contributed by atoms with E-state index in [2.05, 4.69) is 10.3 Å². The van der Waals surface area contributed by atoms with Crippen molar-refractivity contribution in [3.05, 3.63) is 45.7 Å². The Labute approximate surface area is 132 Å². The lowest BCUT2D eigenvalue weighted by Gasteiger charge is -2.13. The lowest BCUT2D eigenvalue weighted by Crippen LogP contribution is -2.23. The van der Waals surface area contributed by atoms with Crippen molar-refractivity contribution in [2.24, 2.45) is 0 Å². The number of thiazole rings is 1. The summed E-state index contributed by atoms with van der Waals surface area (Å²) in [5.41, 5.74) is 2.36. The van der Waals surface area contributed by atoms with E-state index in [9.17, 15) is 9.18 Å². The number of aryl methyl sites for hydroxylation is 2. The first kappa shape index (κ1) is 16.0. The van der Waals surface area contributed by atoms with E-state index in [1.54, 1.807) is 17.4 Å². The molecule has 0 aliphatic rings. The Hall–Kier alpha value is -1.40. The van der Waals surface area contributed by atoms with Gasteiger partial charge in [0, 0.05) is 16.8 Å². The third-order valence-corrected chi connectivity index (χ3v) is 4.97. The van der Waals surface area contributed by atoms with Crippen molar-refractivity contribution in [3.8, 4) is 0 Å². The minimum absolute atomic E-state index is 0.124. The summed E-state index contributed by atoms with van der Waals surface area (Å²) in [7, 11) is 0. The van der Waals surface area contributed by atoms with Crippen LogP contribution in [-0.2, 0) is 10.5 Å². The van der Waals surface area contributed by atoms with Gasteiger partial charge in [0.2, 0.25) is 5.91 Å². The van der Waals surface area contributed by atoms with E-state index in [-0.39, 0.29) is 17.0 Å². The van der Waals surface area contributed by atoms with Crippen LogP contribution in [0.1, 0.15) is 23.2 Å². The number of carbonyl (C=O) groups excluding carboxylic acids is 1. The molecule has 0 spiro atoms. The van der Waals surface area contributed by atoms with Crippen LogP contribution >= 0.6 is 23.1 Å². The first-order valence-electron chi connectivity index (χ1n) is 6.55. The van der Waals surface area contributed by atoms with Gasteiger partial charge >= 0.3 is 0 Å². The normalized spacial score (nSPS) is 12.2. The predicted octanol–water partition coefficient (Wildman–Crippen LogP) is 4.16. The number of nitrogens with zero attached hydrogens (tertiary/aromatic N) is 1. The lowest BCUT2D eigenvalue weighted by molar-refractivity contribution is -0.115. The Balaban J connectivity index is 1.91. The molecule has 3 nitrogen and oxygen atoms in total. The lowest BCUT2D eigenvalue weighted by atomic mass is 10.2. The summed E-state index contributed by atoms with van der Waals surface area (Å²) in [5.74, 6) is 0.218. The third kappa shape index (κ3) is 4.54. The molecule has 0 unspecified atom stereocenters. The average molecular weight is 324 g/mol. The Bertz CT molecular complexity index is 642. The number of carbonyl (C=O) groups is 1. The highest BCUT2D eigenvalue weighted by Crippen LogP contribution is 2.22. The molecule has 0 radical (unpaired) electrons. The summed E-state index contributed by atoms with van der Waals surface area (Å²) < 4.78 is 13.2. The van der Waals surface area contributed by atoms with E-state index >= 15 is 0 Å². The van der Waals surface area contributed by atoms with Crippen molar-refractivity contribution < 1.29 is 9.18 Å². The topological polar surface area (TPSA) is 42.0 Å². The van der Waals surface area contributed by atoms with Crippen molar-refractivity contribution in [2.45, 2.75) is 31.8 Å². The molecule has 21 heavy (non-hydrogen) atoms. The fraction of sp³-hybridized carbons (Fsp3) is 0.333. The predicted molar refractivity (Wildman–Crippen MR) is 87.4 cm³/mol. The molecule has 0 saturated heterocycles. The van der Waals surface area contributed by atoms with E-state index in [4.69, 9.17) is 0 Å². The van der Waals surface area contributed by atoms with Crippen LogP contribution in [0.3, 0.4) is 0 Å². The first-order chi connectivity index (χ1) is 9.95. The number of anilines is 1. The van der Waals surface area contributed by atoms with Gasteiger partial charge in [-0.3, -0.25) is 4.79 Å². The summed E-state index contributed by atoms with van der Waals surface area (Å²) in [6.07, 6.45) is 0. The zero-order chi connectivity index (χ0) is 15.4. The number of thioether (sulfide) groups is 1. The van der Waals surface area contributed by atoms with Gasteiger partial charge < -0.3 is 5.32 Å². The van der Waals surface area contributed by atoms with E-state index in [1.165, 1.54) is 23.9 Å². The molecule has 2 rings (SSSR count). The van der Waals surface area contributed by atoms with E-state index in [1.807, 2.05) is 26.2 Å². The Morgan fingerprint density at radius 1 is 1.48 bits per heavy atom. The Morgan fingerprint density at radius 2 is 2.24 bits per heavy atom. The summed E-state index contributed by atoms with van der Waals surface area (Å²) in [5, 5.41) is 5.58. The van der Waals surface area contributed by atoms with Crippen LogP contribution in [0.5, 0.6) is 0 Å². The molecule has 0 aliphatic carbocycles. The number of hydrogen-bond donors (Lipinski definition) is 1. The molecule has 1 atom stereocenters.